The van der Waals surface area contributed by atoms with Crippen molar-refractivity contribution in [1.29, 1.82) is 0 Å². The Morgan fingerprint density at radius 1 is 0.913 bits per heavy atom. The number of hydrogen-bond donors (Lipinski definition) is 0. The molecular formula is C20H15BrOS. The molecule has 0 aliphatic carbocycles. The first-order chi connectivity index (χ1) is 11.1. The molecule has 3 heteroatoms. The summed E-state index contributed by atoms with van der Waals surface area (Å²) in [7, 11) is 0. The number of halogens is 1. The molecule has 0 unspecified atom stereocenters. The van der Waals surface area contributed by atoms with Crippen molar-refractivity contribution >= 4 is 49.4 Å². The van der Waals surface area contributed by atoms with Crippen LogP contribution < -0.4 is 0 Å². The van der Waals surface area contributed by atoms with E-state index in [1.165, 1.54) is 31.5 Å². The topological polar surface area (TPSA) is 13.1 Å². The van der Waals surface area contributed by atoms with Crippen LogP contribution in [-0.2, 0) is 0 Å². The van der Waals surface area contributed by atoms with E-state index in [1.54, 1.807) is 11.8 Å². The van der Waals surface area contributed by atoms with Crippen molar-refractivity contribution < 1.29 is 4.42 Å². The average molecular weight is 383 g/mol. The molecule has 0 aliphatic heterocycles. The van der Waals surface area contributed by atoms with Crippen molar-refractivity contribution in [1.82, 2.24) is 0 Å². The molecule has 114 valence electrons. The molecule has 0 saturated carbocycles. The minimum atomic E-state index is 0.951. The zero-order valence-electron chi connectivity index (χ0n) is 12.9. The Morgan fingerprint density at radius 3 is 2.48 bits per heavy atom. The van der Waals surface area contributed by atoms with Crippen LogP contribution in [-0.4, -0.2) is 0 Å². The van der Waals surface area contributed by atoms with Gasteiger partial charge in [0.15, 0.2) is 0 Å². The summed E-state index contributed by atoms with van der Waals surface area (Å²) in [6.07, 6.45) is 0. The van der Waals surface area contributed by atoms with E-state index in [0.29, 0.717) is 0 Å². The summed E-state index contributed by atoms with van der Waals surface area (Å²) in [6.45, 7) is 4.15. The Kier molecular flexibility index (Phi) is 3.70. The molecule has 4 aromatic rings. The van der Waals surface area contributed by atoms with Gasteiger partial charge in [-0.15, -0.1) is 0 Å². The summed E-state index contributed by atoms with van der Waals surface area (Å²) in [4.78, 5) is 2.44. The van der Waals surface area contributed by atoms with Gasteiger partial charge >= 0.3 is 0 Å². The Labute approximate surface area is 147 Å². The highest BCUT2D eigenvalue weighted by Crippen LogP contribution is 2.41. The number of aryl methyl sites for hydroxylation is 2. The molecule has 23 heavy (non-hydrogen) atoms. The largest absolute Gasteiger partial charge is 0.460 e. The molecule has 1 heterocycles. The van der Waals surface area contributed by atoms with Crippen LogP contribution in [0.25, 0.3) is 21.7 Å². The summed E-state index contributed by atoms with van der Waals surface area (Å²) in [5.74, 6) is 0.973. The van der Waals surface area contributed by atoms with Gasteiger partial charge in [-0.3, -0.25) is 0 Å². The molecule has 0 aliphatic rings. The molecule has 0 bridgehead atoms. The second-order valence-electron chi connectivity index (χ2n) is 5.71. The predicted octanol–water partition coefficient (Wildman–Crippen LogP) is 7.12. The van der Waals surface area contributed by atoms with Gasteiger partial charge in [0.1, 0.15) is 11.3 Å². The highest BCUT2D eigenvalue weighted by atomic mass is 79.9. The zero-order chi connectivity index (χ0) is 16.0. The lowest BCUT2D eigenvalue weighted by molar-refractivity contribution is 0.568. The lowest BCUT2D eigenvalue weighted by Gasteiger charge is -2.04. The van der Waals surface area contributed by atoms with E-state index in [1.807, 2.05) is 6.92 Å². The smallest absolute Gasteiger partial charge is 0.136 e. The van der Waals surface area contributed by atoms with E-state index in [4.69, 9.17) is 4.42 Å². The molecule has 0 amide bonds. The van der Waals surface area contributed by atoms with Crippen LogP contribution in [0.2, 0.25) is 0 Å². The van der Waals surface area contributed by atoms with Crippen molar-refractivity contribution in [2.45, 2.75) is 23.6 Å². The van der Waals surface area contributed by atoms with Gasteiger partial charge in [-0.1, -0.05) is 57.5 Å². The molecule has 0 spiro atoms. The third-order valence-corrected chi connectivity index (χ3v) is 5.69. The van der Waals surface area contributed by atoms with E-state index < -0.39 is 0 Å². The Balaban J connectivity index is 1.94. The fraction of sp³-hybridized carbons (Fsp3) is 0.100. The van der Waals surface area contributed by atoms with Crippen molar-refractivity contribution in [2.24, 2.45) is 0 Å². The van der Waals surface area contributed by atoms with Crippen molar-refractivity contribution in [3.8, 4) is 0 Å². The molecule has 0 saturated heterocycles. The van der Waals surface area contributed by atoms with Crippen LogP contribution in [0.3, 0.4) is 0 Å². The van der Waals surface area contributed by atoms with Crippen LogP contribution in [0.5, 0.6) is 0 Å². The van der Waals surface area contributed by atoms with Crippen LogP contribution in [0.4, 0.5) is 0 Å². The third kappa shape index (κ3) is 2.68. The molecule has 0 radical (unpaired) electrons. The van der Waals surface area contributed by atoms with Crippen molar-refractivity contribution in [2.75, 3.05) is 0 Å². The standard InChI is InChI=1S/C20H15BrOS/c1-12-3-7-16(8-4-12)23-20-13(2)22-18-10-5-14-11-15(21)6-9-17(14)19(18)20/h3-11H,1-2H3. The van der Waals surface area contributed by atoms with E-state index in [0.717, 1.165) is 15.8 Å². The van der Waals surface area contributed by atoms with E-state index in [-0.39, 0.29) is 0 Å². The highest BCUT2D eigenvalue weighted by molar-refractivity contribution is 9.10. The van der Waals surface area contributed by atoms with Gasteiger partial charge in [-0.25, -0.2) is 0 Å². The first-order valence-electron chi connectivity index (χ1n) is 7.48. The number of benzene rings is 3. The molecular weight excluding hydrogens is 368 g/mol. The van der Waals surface area contributed by atoms with Gasteiger partial charge in [0.05, 0.1) is 4.90 Å². The van der Waals surface area contributed by atoms with Crippen molar-refractivity contribution in [3.63, 3.8) is 0 Å². The fourth-order valence-corrected chi connectivity index (χ4v) is 4.22. The van der Waals surface area contributed by atoms with Gasteiger partial charge in [0.25, 0.3) is 0 Å². The van der Waals surface area contributed by atoms with E-state index in [2.05, 4.69) is 77.5 Å². The normalized spacial score (nSPS) is 11.4. The van der Waals surface area contributed by atoms with Gasteiger partial charge in [-0.2, -0.15) is 0 Å². The number of hydrogen-bond acceptors (Lipinski definition) is 2. The monoisotopic (exact) mass is 382 g/mol. The van der Waals surface area contributed by atoms with Gasteiger partial charge in [0.2, 0.25) is 0 Å². The molecule has 0 N–H and O–H groups in total. The van der Waals surface area contributed by atoms with Crippen LogP contribution in [0.1, 0.15) is 11.3 Å². The van der Waals surface area contributed by atoms with Gasteiger partial charge in [0, 0.05) is 14.8 Å². The summed E-state index contributed by atoms with van der Waals surface area (Å²) < 4.78 is 7.10. The minimum absolute atomic E-state index is 0.951. The summed E-state index contributed by atoms with van der Waals surface area (Å²) in [5, 5.41) is 3.66. The van der Waals surface area contributed by atoms with Crippen LogP contribution in [0.15, 0.2) is 73.3 Å². The molecule has 3 aromatic carbocycles. The van der Waals surface area contributed by atoms with Crippen LogP contribution >= 0.6 is 27.7 Å². The van der Waals surface area contributed by atoms with E-state index in [9.17, 15) is 0 Å². The molecule has 4 rings (SSSR count). The first kappa shape index (κ1) is 14.9. The quantitative estimate of drug-likeness (QED) is 0.366. The highest BCUT2D eigenvalue weighted by Gasteiger charge is 2.15. The SMILES string of the molecule is Cc1ccc(Sc2c(C)oc3ccc4cc(Br)ccc4c23)cc1. The lowest BCUT2D eigenvalue weighted by atomic mass is 10.1. The Morgan fingerprint density at radius 2 is 1.70 bits per heavy atom. The van der Waals surface area contributed by atoms with E-state index >= 15 is 0 Å². The predicted molar refractivity (Wildman–Crippen MR) is 101 cm³/mol. The van der Waals surface area contributed by atoms with Crippen LogP contribution in [0, 0.1) is 13.8 Å². The first-order valence-corrected chi connectivity index (χ1v) is 9.09. The zero-order valence-corrected chi connectivity index (χ0v) is 15.3. The third-order valence-electron chi connectivity index (χ3n) is 3.99. The Bertz CT molecular complexity index is 1020. The maximum atomic E-state index is 6.00. The molecule has 0 atom stereocenters. The number of fused-ring (bicyclic) bond motifs is 3. The molecule has 1 nitrogen and oxygen atoms in total. The fourth-order valence-electron chi connectivity index (χ4n) is 2.83. The summed E-state index contributed by atoms with van der Waals surface area (Å²) in [6, 6.07) is 19.2. The lowest BCUT2D eigenvalue weighted by Crippen LogP contribution is -1.79. The Hall–Kier alpha value is -1.71. The average Bonchev–Trinajstić information content (AvgIpc) is 2.85. The van der Waals surface area contributed by atoms with Gasteiger partial charge in [-0.05, 0) is 55.0 Å². The second-order valence-corrected chi connectivity index (χ2v) is 7.71. The molecule has 0 fully saturated rings. The second kappa shape index (κ2) is 5.73. The summed E-state index contributed by atoms with van der Waals surface area (Å²) >= 11 is 5.32. The van der Waals surface area contributed by atoms with Crippen molar-refractivity contribution in [3.05, 3.63) is 70.4 Å². The maximum Gasteiger partial charge on any atom is 0.136 e. The minimum Gasteiger partial charge on any atom is -0.460 e. The number of furan rings is 1. The molecule has 1 aromatic heterocycles. The maximum absolute atomic E-state index is 6.00. The van der Waals surface area contributed by atoms with Gasteiger partial charge < -0.3 is 4.42 Å². The number of rotatable bonds is 2. The summed E-state index contributed by atoms with van der Waals surface area (Å²) in [5.41, 5.74) is 2.23.